The standard InChI is InChI=1S/C15H19N3S/c1-12-16-7-8-18(12)15-5-3-2-4-13(15)10-17-14-6-9-19-11-14/h2-5,7-8,14,17H,6,9-11H2,1H3/t14-/m1/s1. The number of aromatic nitrogens is 2. The van der Waals surface area contributed by atoms with Crippen molar-refractivity contribution < 1.29 is 0 Å². The van der Waals surface area contributed by atoms with Crippen molar-refractivity contribution in [1.82, 2.24) is 14.9 Å². The molecule has 4 heteroatoms. The van der Waals surface area contributed by atoms with Crippen LogP contribution in [0.4, 0.5) is 0 Å². The van der Waals surface area contributed by atoms with Crippen molar-refractivity contribution in [2.45, 2.75) is 25.9 Å². The van der Waals surface area contributed by atoms with E-state index in [9.17, 15) is 0 Å². The first kappa shape index (κ1) is 12.8. The zero-order chi connectivity index (χ0) is 13.1. The van der Waals surface area contributed by atoms with E-state index in [0.29, 0.717) is 6.04 Å². The summed E-state index contributed by atoms with van der Waals surface area (Å²) in [5.41, 5.74) is 2.57. The molecule has 1 N–H and O–H groups in total. The molecular weight excluding hydrogens is 254 g/mol. The van der Waals surface area contributed by atoms with Gasteiger partial charge in [-0.1, -0.05) is 18.2 Å². The lowest BCUT2D eigenvalue weighted by molar-refractivity contribution is 0.557. The maximum atomic E-state index is 4.31. The molecule has 1 aliphatic heterocycles. The summed E-state index contributed by atoms with van der Waals surface area (Å²) >= 11 is 2.04. The number of nitrogens with one attached hydrogen (secondary N) is 1. The number of nitrogens with zero attached hydrogens (tertiary/aromatic N) is 2. The fourth-order valence-corrected chi connectivity index (χ4v) is 3.66. The van der Waals surface area contributed by atoms with E-state index in [0.717, 1.165) is 12.4 Å². The summed E-state index contributed by atoms with van der Waals surface area (Å²) in [6, 6.07) is 9.22. The SMILES string of the molecule is Cc1nccn1-c1ccccc1CN[C@@H]1CCSC1. The summed E-state index contributed by atoms with van der Waals surface area (Å²) in [6.45, 7) is 2.97. The van der Waals surface area contributed by atoms with Crippen LogP contribution in [0, 0.1) is 6.92 Å². The molecule has 0 aliphatic carbocycles. The van der Waals surface area contributed by atoms with Crippen LogP contribution in [-0.2, 0) is 6.54 Å². The predicted molar refractivity (Wildman–Crippen MR) is 80.9 cm³/mol. The van der Waals surface area contributed by atoms with Crippen LogP contribution in [0.5, 0.6) is 0 Å². The van der Waals surface area contributed by atoms with Crippen LogP contribution < -0.4 is 5.32 Å². The minimum Gasteiger partial charge on any atom is -0.309 e. The van der Waals surface area contributed by atoms with Crippen LogP contribution in [0.2, 0.25) is 0 Å². The Morgan fingerprint density at radius 3 is 3.05 bits per heavy atom. The molecule has 0 bridgehead atoms. The molecule has 1 atom stereocenters. The third-order valence-electron chi connectivity index (χ3n) is 3.59. The minimum atomic E-state index is 0.668. The average Bonchev–Trinajstić information content (AvgIpc) is 3.08. The van der Waals surface area contributed by atoms with Gasteiger partial charge in [0.2, 0.25) is 0 Å². The van der Waals surface area contributed by atoms with E-state index < -0.39 is 0 Å². The van der Waals surface area contributed by atoms with Gasteiger partial charge in [-0.25, -0.2) is 4.98 Å². The first-order chi connectivity index (χ1) is 9.34. The number of para-hydroxylation sites is 1. The molecule has 2 aromatic rings. The van der Waals surface area contributed by atoms with Crippen molar-refractivity contribution in [3.63, 3.8) is 0 Å². The number of aryl methyl sites for hydroxylation is 1. The van der Waals surface area contributed by atoms with Gasteiger partial charge in [0.05, 0.1) is 5.69 Å². The zero-order valence-electron chi connectivity index (χ0n) is 11.2. The Morgan fingerprint density at radius 2 is 2.32 bits per heavy atom. The molecule has 1 fully saturated rings. The molecule has 19 heavy (non-hydrogen) atoms. The van der Waals surface area contributed by atoms with Crippen molar-refractivity contribution >= 4 is 11.8 Å². The van der Waals surface area contributed by atoms with Gasteiger partial charge in [0, 0.05) is 30.7 Å². The summed E-state index contributed by atoms with van der Waals surface area (Å²) in [7, 11) is 0. The van der Waals surface area contributed by atoms with Crippen molar-refractivity contribution in [3.8, 4) is 5.69 Å². The Hall–Kier alpha value is -1.26. The summed E-state index contributed by atoms with van der Waals surface area (Å²) in [5, 5.41) is 3.67. The number of thioether (sulfide) groups is 1. The maximum Gasteiger partial charge on any atom is 0.110 e. The van der Waals surface area contributed by atoms with E-state index >= 15 is 0 Å². The van der Waals surface area contributed by atoms with Gasteiger partial charge in [-0.05, 0) is 30.7 Å². The molecule has 1 aliphatic rings. The van der Waals surface area contributed by atoms with Crippen molar-refractivity contribution in [3.05, 3.63) is 48.0 Å². The molecule has 0 radical (unpaired) electrons. The summed E-state index contributed by atoms with van der Waals surface area (Å²) < 4.78 is 2.15. The van der Waals surface area contributed by atoms with Crippen LogP contribution in [0.25, 0.3) is 5.69 Å². The Kier molecular flexibility index (Phi) is 3.89. The van der Waals surface area contributed by atoms with Crippen LogP contribution in [0.15, 0.2) is 36.7 Å². The third kappa shape index (κ3) is 2.85. The van der Waals surface area contributed by atoms with E-state index in [1.807, 2.05) is 31.1 Å². The lowest BCUT2D eigenvalue weighted by Crippen LogP contribution is -2.28. The lowest BCUT2D eigenvalue weighted by Gasteiger charge is -2.15. The second kappa shape index (κ2) is 5.80. The zero-order valence-corrected chi connectivity index (χ0v) is 12.0. The molecule has 3 rings (SSSR count). The fourth-order valence-electron chi connectivity index (χ4n) is 2.48. The molecule has 1 saturated heterocycles. The number of imidazole rings is 1. The Morgan fingerprint density at radius 1 is 1.42 bits per heavy atom. The van der Waals surface area contributed by atoms with Crippen LogP contribution >= 0.6 is 11.8 Å². The third-order valence-corrected chi connectivity index (χ3v) is 4.75. The van der Waals surface area contributed by atoms with Gasteiger partial charge in [-0.2, -0.15) is 11.8 Å². The van der Waals surface area contributed by atoms with Crippen LogP contribution in [0.1, 0.15) is 17.8 Å². The fraction of sp³-hybridized carbons (Fsp3) is 0.400. The second-order valence-electron chi connectivity index (χ2n) is 4.91. The minimum absolute atomic E-state index is 0.668. The topological polar surface area (TPSA) is 29.9 Å². The highest BCUT2D eigenvalue weighted by Crippen LogP contribution is 2.19. The van der Waals surface area contributed by atoms with Gasteiger partial charge < -0.3 is 9.88 Å². The highest BCUT2D eigenvalue weighted by Gasteiger charge is 2.15. The normalized spacial score (nSPS) is 18.9. The maximum absolute atomic E-state index is 4.31. The molecule has 100 valence electrons. The first-order valence-electron chi connectivity index (χ1n) is 6.74. The van der Waals surface area contributed by atoms with E-state index in [2.05, 4.69) is 39.1 Å². The van der Waals surface area contributed by atoms with Crippen molar-refractivity contribution in [2.24, 2.45) is 0 Å². The highest BCUT2D eigenvalue weighted by molar-refractivity contribution is 7.99. The average molecular weight is 273 g/mol. The second-order valence-corrected chi connectivity index (χ2v) is 6.06. The Bertz CT molecular complexity index is 544. The quantitative estimate of drug-likeness (QED) is 0.929. The van der Waals surface area contributed by atoms with Gasteiger partial charge in [-0.15, -0.1) is 0 Å². The van der Waals surface area contributed by atoms with Gasteiger partial charge in [0.1, 0.15) is 5.82 Å². The lowest BCUT2D eigenvalue weighted by atomic mass is 10.1. The molecule has 2 heterocycles. The molecule has 0 amide bonds. The van der Waals surface area contributed by atoms with Crippen molar-refractivity contribution in [1.29, 1.82) is 0 Å². The Labute approximate surface area is 118 Å². The molecular formula is C15H19N3S. The number of rotatable bonds is 4. The summed E-state index contributed by atoms with van der Waals surface area (Å²) in [5.74, 6) is 3.57. The molecule has 0 saturated carbocycles. The molecule has 0 spiro atoms. The Balaban J connectivity index is 1.79. The highest BCUT2D eigenvalue weighted by atomic mass is 32.2. The summed E-state index contributed by atoms with van der Waals surface area (Å²) in [4.78, 5) is 4.31. The smallest absolute Gasteiger partial charge is 0.110 e. The van der Waals surface area contributed by atoms with Gasteiger partial charge >= 0.3 is 0 Å². The van der Waals surface area contributed by atoms with Crippen LogP contribution in [-0.4, -0.2) is 27.1 Å². The molecule has 0 unspecified atom stereocenters. The number of hydrogen-bond donors (Lipinski definition) is 1. The van der Waals surface area contributed by atoms with Crippen LogP contribution in [0.3, 0.4) is 0 Å². The van der Waals surface area contributed by atoms with E-state index in [1.165, 1.54) is 29.2 Å². The molecule has 1 aromatic heterocycles. The largest absolute Gasteiger partial charge is 0.309 e. The summed E-state index contributed by atoms with van der Waals surface area (Å²) in [6.07, 6.45) is 5.17. The van der Waals surface area contributed by atoms with Gasteiger partial charge in [0.15, 0.2) is 0 Å². The number of benzene rings is 1. The van der Waals surface area contributed by atoms with E-state index in [1.54, 1.807) is 0 Å². The van der Waals surface area contributed by atoms with E-state index in [-0.39, 0.29) is 0 Å². The monoisotopic (exact) mass is 273 g/mol. The van der Waals surface area contributed by atoms with Crippen molar-refractivity contribution in [2.75, 3.05) is 11.5 Å². The first-order valence-corrected chi connectivity index (χ1v) is 7.89. The number of hydrogen-bond acceptors (Lipinski definition) is 3. The molecule has 3 nitrogen and oxygen atoms in total. The predicted octanol–water partition coefficient (Wildman–Crippen LogP) is 2.78. The molecule has 1 aromatic carbocycles. The van der Waals surface area contributed by atoms with Gasteiger partial charge in [-0.3, -0.25) is 0 Å². The van der Waals surface area contributed by atoms with Gasteiger partial charge in [0.25, 0.3) is 0 Å². The van der Waals surface area contributed by atoms with E-state index in [4.69, 9.17) is 0 Å².